The smallest absolute Gasteiger partial charge is 0.269 e. The van der Waals surface area contributed by atoms with Crippen molar-refractivity contribution in [3.8, 4) is 11.5 Å². The Morgan fingerprint density at radius 1 is 1.00 bits per heavy atom. The van der Waals surface area contributed by atoms with Crippen molar-refractivity contribution >= 4 is 44.7 Å². The minimum Gasteiger partial charge on any atom is -0.497 e. The number of methoxy groups -OCH3 is 2. The molecule has 4 aromatic rings. The van der Waals surface area contributed by atoms with Crippen LogP contribution >= 0.6 is 12.4 Å². The first-order chi connectivity index (χ1) is 15.5. The van der Waals surface area contributed by atoms with E-state index in [2.05, 4.69) is 15.6 Å². The molecule has 0 amide bonds. The first kappa shape index (κ1) is 24.4. The molecule has 2 aromatic carbocycles. The van der Waals surface area contributed by atoms with E-state index >= 15 is 0 Å². The maximum absolute atomic E-state index is 13.4. The minimum absolute atomic E-state index is 0. The molecular formula is C23H25ClN4O4S. The van der Waals surface area contributed by atoms with Crippen LogP contribution in [0.15, 0.2) is 72.0 Å². The molecule has 0 bridgehead atoms. The highest BCUT2D eigenvalue weighted by atomic mass is 35.5. The zero-order valence-electron chi connectivity index (χ0n) is 18.4. The maximum atomic E-state index is 13.4. The molecule has 33 heavy (non-hydrogen) atoms. The van der Waals surface area contributed by atoms with Gasteiger partial charge in [0.05, 0.1) is 19.7 Å². The lowest BCUT2D eigenvalue weighted by atomic mass is 10.1. The number of aromatic nitrogens is 2. The lowest BCUT2D eigenvalue weighted by Gasteiger charge is -2.12. The summed E-state index contributed by atoms with van der Waals surface area (Å²) in [6, 6.07) is 14.2. The summed E-state index contributed by atoms with van der Waals surface area (Å²) in [6.07, 6.45) is 4.55. The van der Waals surface area contributed by atoms with E-state index in [9.17, 15) is 8.42 Å². The average molecular weight is 489 g/mol. The Morgan fingerprint density at radius 2 is 1.73 bits per heavy atom. The van der Waals surface area contributed by atoms with Gasteiger partial charge < -0.3 is 20.1 Å². The summed E-state index contributed by atoms with van der Waals surface area (Å²) in [5.74, 6) is 1.29. The lowest BCUT2D eigenvalue weighted by molar-refractivity contribution is 0.395. The molecule has 0 fully saturated rings. The van der Waals surface area contributed by atoms with E-state index in [1.165, 1.54) is 16.2 Å². The zero-order valence-corrected chi connectivity index (χ0v) is 20.0. The van der Waals surface area contributed by atoms with Gasteiger partial charge in [-0.25, -0.2) is 12.4 Å². The summed E-state index contributed by atoms with van der Waals surface area (Å²) >= 11 is 0. The molecule has 0 aliphatic carbocycles. The third kappa shape index (κ3) is 4.90. The highest BCUT2D eigenvalue weighted by molar-refractivity contribution is 7.90. The molecule has 8 nitrogen and oxygen atoms in total. The molecule has 0 aliphatic rings. The van der Waals surface area contributed by atoms with Gasteiger partial charge in [-0.3, -0.25) is 4.98 Å². The van der Waals surface area contributed by atoms with Gasteiger partial charge in [-0.1, -0.05) is 6.07 Å². The van der Waals surface area contributed by atoms with Crippen molar-refractivity contribution in [3.63, 3.8) is 0 Å². The molecule has 0 unspecified atom stereocenters. The zero-order chi connectivity index (χ0) is 22.7. The third-order valence-electron chi connectivity index (χ3n) is 5.05. The number of benzene rings is 2. The summed E-state index contributed by atoms with van der Waals surface area (Å²) in [5, 5.41) is 7.25. The molecule has 2 N–H and O–H groups in total. The van der Waals surface area contributed by atoms with Crippen LogP contribution in [0.4, 0.5) is 11.4 Å². The normalized spacial score (nSPS) is 11.1. The molecule has 0 aliphatic heterocycles. The summed E-state index contributed by atoms with van der Waals surface area (Å²) in [7, 11) is 1.18. The van der Waals surface area contributed by atoms with Gasteiger partial charge in [0.2, 0.25) is 0 Å². The second-order valence-electron chi connectivity index (χ2n) is 7.13. The second-order valence-corrected chi connectivity index (χ2v) is 8.95. The Bertz CT molecular complexity index is 1340. The van der Waals surface area contributed by atoms with Gasteiger partial charge in [0.1, 0.15) is 16.4 Å². The average Bonchev–Trinajstić information content (AvgIpc) is 3.18. The maximum Gasteiger partial charge on any atom is 0.269 e. The van der Waals surface area contributed by atoms with E-state index in [-0.39, 0.29) is 17.3 Å². The van der Waals surface area contributed by atoms with Crippen molar-refractivity contribution in [2.24, 2.45) is 0 Å². The van der Waals surface area contributed by atoms with Gasteiger partial charge in [0.15, 0.2) is 0 Å². The number of fused-ring (bicyclic) bond motifs is 1. The fourth-order valence-corrected chi connectivity index (χ4v) is 4.88. The SMILES string of the molecule is CNCc1cn(S(=O)(=O)c2cccnc2)c2cc(Nc3cc(OC)cc(OC)c3)ccc12.Cl. The molecule has 4 rings (SSSR count). The monoisotopic (exact) mass is 488 g/mol. The number of pyridine rings is 1. The molecule has 0 spiro atoms. The molecule has 174 valence electrons. The molecule has 2 aromatic heterocycles. The molecule has 0 saturated heterocycles. The number of anilines is 2. The number of ether oxygens (including phenoxy) is 2. The molecule has 0 saturated carbocycles. The lowest BCUT2D eigenvalue weighted by Crippen LogP contribution is -2.12. The van der Waals surface area contributed by atoms with E-state index < -0.39 is 10.0 Å². The highest BCUT2D eigenvalue weighted by Crippen LogP contribution is 2.32. The highest BCUT2D eigenvalue weighted by Gasteiger charge is 2.21. The Labute approximate surface area is 199 Å². The van der Waals surface area contributed by atoms with Crippen molar-refractivity contribution < 1.29 is 17.9 Å². The van der Waals surface area contributed by atoms with Gasteiger partial charge in [-0.15, -0.1) is 12.4 Å². The van der Waals surface area contributed by atoms with Gasteiger partial charge in [-0.2, -0.15) is 0 Å². The van der Waals surface area contributed by atoms with Crippen LogP contribution in [0.2, 0.25) is 0 Å². The van der Waals surface area contributed by atoms with Crippen LogP contribution in [0, 0.1) is 0 Å². The third-order valence-corrected chi connectivity index (χ3v) is 6.71. The fourth-order valence-electron chi connectivity index (χ4n) is 3.53. The first-order valence-corrected chi connectivity index (χ1v) is 11.3. The van der Waals surface area contributed by atoms with Crippen LogP contribution in [0.5, 0.6) is 11.5 Å². The molecule has 10 heteroatoms. The predicted octanol–water partition coefficient (Wildman–Crippen LogP) is 4.18. The number of rotatable bonds is 8. The van der Waals surface area contributed by atoms with Crippen molar-refractivity contribution in [2.45, 2.75) is 11.4 Å². The Morgan fingerprint density at radius 3 is 2.33 bits per heavy atom. The number of nitrogens with zero attached hydrogens (tertiary/aromatic N) is 2. The Hall–Kier alpha value is -3.27. The van der Waals surface area contributed by atoms with E-state index in [0.29, 0.717) is 23.6 Å². The molecule has 0 atom stereocenters. The van der Waals surface area contributed by atoms with E-state index in [4.69, 9.17) is 9.47 Å². The standard InChI is InChI=1S/C23H24N4O4S.ClH/c1-24-13-16-15-27(32(28,29)21-5-4-8-25-14-21)23-11-17(6-7-22(16)23)26-18-9-19(30-2)12-20(10-18)31-3;/h4-12,14-15,24,26H,13H2,1-3H3;1H. The van der Waals surface area contributed by atoms with Crippen molar-refractivity contribution in [2.75, 3.05) is 26.6 Å². The van der Waals surface area contributed by atoms with Crippen LogP contribution in [-0.2, 0) is 16.6 Å². The van der Waals surface area contributed by atoms with Crippen molar-refractivity contribution in [3.05, 3.63) is 72.7 Å². The van der Waals surface area contributed by atoms with Crippen LogP contribution in [-0.4, -0.2) is 38.6 Å². The quantitative estimate of drug-likeness (QED) is 0.384. The van der Waals surface area contributed by atoms with Gasteiger partial charge >= 0.3 is 0 Å². The van der Waals surface area contributed by atoms with Crippen LogP contribution in [0.3, 0.4) is 0 Å². The van der Waals surface area contributed by atoms with Gasteiger partial charge in [-0.05, 0) is 36.9 Å². The number of nitrogens with one attached hydrogen (secondary N) is 2. The van der Waals surface area contributed by atoms with Crippen molar-refractivity contribution in [1.82, 2.24) is 14.3 Å². The summed E-state index contributed by atoms with van der Waals surface area (Å²) in [6.45, 7) is 0.534. The second kappa shape index (κ2) is 10.1. The van der Waals surface area contributed by atoms with Crippen LogP contribution < -0.4 is 20.1 Å². The Kier molecular flexibility index (Phi) is 7.47. The van der Waals surface area contributed by atoms with Gasteiger partial charge in [0.25, 0.3) is 10.0 Å². The molecule has 2 heterocycles. The van der Waals surface area contributed by atoms with Crippen LogP contribution in [0.25, 0.3) is 10.9 Å². The largest absolute Gasteiger partial charge is 0.497 e. The Balaban J connectivity index is 0.00000306. The first-order valence-electron chi connectivity index (χ1n) is 9.90. The minimum atomic E-state index is -3.82. The predicted molar refractivity (Wildman–Crippen MR) is 132 cm³/mol. The van der Waals surface area contributed by atoms with Gasteiger partial charge in [0, 0.05) is 60.1 Å². The van der Waals surface area contributed by atoms with Crippen LogP contribution in [0.1, 0.15) is 5.56 Å². The number of halogens is 1. The summed E-state index contributed by atoms with van der Waals surface area (Å²) in [4.78, 5) is 4.09. The summed E-state index contributed by atoms with van der Waals surface area (Å²) in [5.41, 5.74) is 2.93. The summed E-state index contributed by atoms with van der Waals surface area (Å²) < 4.78 is 38.7. The van der Waals surface area contributed by atoms with Crippen molar-refractivity contribution in [1.29, 1.82) is 0 Å². The number of hydrogen-bond donors (Lipinski definition) is 2. The van der Waals surface area contributed by atoms with E-state index in [0.717, 1.165) is 22.3 Å². The number of hydrogen-bond acceptors (Lipinski definition) is 7. The molecular weight excluding hydrogens is 464 g/mol. The van der Waals surface area contributed by atoms with E-state index in [1.807, 2.05) is 37.4 Å². The fraction of sp³-hybridized carbons (Fsp3) is 0.174. The van der Waals surface area contributed by atoms with E-state index in [1.54, 1.807) is 38.7 Å². The topological polar surface area (TPSA) is 94.5 Å². The molecule has 0 radical (unpaired) electrons.